The van der Waals surface area contributed by atoms with Gasteiger partial charge in [0.05, 0.1) is 11.6 Å². The van der Waals surface area contributed by atoms with Crippen molar-refractivity contribution in [2.45, 2.75) is 30.0 Å². The van der Waals surface area contributed by atoms with Crippen molar-refractivity contribution in [2.24, 2.45) is 17.6 Å². The Labute approximate surface area is 205 Å². The van der Waals surface area contributed by atoms with E-state index in [0.717, 1.165) is 0 Å². The van der Waals surface area contributed by atoms with Crippen molar-refractivity contribution in [2.75, 3.05) is 14.1 Å². The summed E-state index contributed by atoms with van der Waals surface area (Å²) in [5, 5.41) is 53.3. The van der Waals surface area contributed by atoms with Gasteiger partial charge in [0.1, 0.15) is 28.4 Å². The number of carbonyl (C=O) groups is 3. The standard InChI is InChI=1S/C24H25ClN2O8/c1-27(2)18-12-8-10-7-11-9(4-6-14(25)29)3-5-13(28)16(11)19(30)15(10)21(32)24(12,35)22(33)17(20(18)31)23(26)34/h3-6,10,12,14,18,28-30,33,35H,7-8H2,1-2H3,(H2,26,34)/t10-,12-,14?,18-,24-/m0/s1. The van der Waals surface area contributed by atoms with Crippen molar-refractivity contribution in [1.82, 2.24) is 4.90 Å². The van der Waals surface area contributed by atoms with E-state index in [1.54, 1.807) is 6.07 Å². The lowest BCUT2D eigenvalue weighted by Crippen LogP contribution is -2.65. The highest BCUT2D eigenvalue weighted by molar-refractivity contribution is 6.24. The van der Waals surface area contributed by atoms with Crippen LogP contribution in [0, 0.1) is 11.8 Å². The maximum atomic E-state index is 13.7. The summed E-state index contributed by atoms with van der Waals surface area (Å²) >= 11 is 5.59. The molecule has 0 radical (unpaired) electrons. The number of rotatable bonds is 4. The molecule has 1 saturated carbocycles. The number of ketones is 2. The van der Waals surface area contributed by atoms with Gasteiger partial charge in [0.25, 0.3) is 5.91 Å². The lowest BCUT2D eigenvalue weighted by Gasteiger charge is -2.50. The fourth-order valence-electron chi connectivity index (χ4n) is 5.61. The maximum Gasteiger partial charge on any atom is 0.255 e. The molecule has 1 aromatic rings. The van der Waals surface area contributed by atoms with Crippen LogP contribution in [-0.2, 0) is 20.8 Å². The third kappa shape index (κ3) is 3.56. The Hall–Kier alpha value is -3.18. The largest absolute Gasteiger partial charge is 0.508 e. The summed E-state index contributed by atoms with van der Waals surface area (Å²) in [7, 11) is 3.07. The van der Waals surface area contributed by atoms with E-state index in [9.17, 15) is 39.9 Å². The highest BCUT2D eigenvalue weighted by atomic mass is 35.5. The molecule has 1 amide bonds. The number of primary amides is 1. The normalized spacial score (nSPS) is 29.4. The van der Waals surface area contributed by atoms with Crippen LogP contribution < -0.4 is 5.73 Å². The first-order chi connectivity index (χ1) is 16.3. The SMILES string of the molecule is CN(C)[C@@H]1C(=O)C(C(N)=O)=C(O)[C@@]2(O)C(=O)C3=C(O)c4c(O)ccc(C=CC(O)Cl)c4C[C@H]3C[C@@H]12. The van der Waals surface area contributed by atoms with Gasteiger partial charge in [0, 0.05) is 11.5 Å². The molecule has 4 rings (SSSR count). The average Bonchev–Trinajstić information content (AvgIpc) is 2.75. The maximum absolute atomic E-state index is 13.7. The van der Waals surface area contributed by atoms with Crippen LogP contribution in [0.15, 0.2) is 35.1 Å². The van der Waals surface area contributed by atoms with Crippen molar-refractivity contribution in [3.8, 4) is 5.75 Å². The van der Waals surface area contributed by atoms with Gasteiger partial charge < -0.3 is 31.3 Å². The van der Waals surface area contributed by atoms with E-state index in [-0.39, 0.29) is 29.7 Å². The number of phenols is 1. The molecule has 0 heterocycles. The first-order valence-corrected chi connectivity index (χ1v) is 11.3. The molecule has 1 fully saturated rings. The molecule has 1 aromatic carbocycles. The van der Waals surface area contributed by atoms with Crippen LogP contribution in [0.2, 0.25) is 0 Å². The molecule has 0 aromatic heterocycles. The van der Waals surface area contributed by atoms with Crippen LogP contribution in [0.1, 0.15) is 23.1 Å². The zero-order valence-electron chi connectivity index (χ0n) is 18.9. The molecule has 0 saturated heterocycles. The topological polar surface area (TPSA) is 182 Å². The van der Waals surface area contributed by atoms with E-state index in [0.29, 0.717) is 11.1 Å². The minimum absolute atomic E-state index is 0.0112. The minimum Gasteiger partial charge on any atom is -0.508 e. The Kier molecular flexibility index (Phi) is 6.05. The number of alkyl halides is 1. The van der Waals surface area contributed by atoms with Crippen LogP contribution in [-0.4, -0.2) is 79.2 Å². The minimum atomic E-state index is -2.68. The monoisotopic (exact) mass is 504 g/mol. The van der Waals surface area contributed by atoms with Gasteiger partial charge in [-0.2, -0.15) is 0 Å². The molecule has 3 aliphatic carbocycles. The number of fused-ring (bicyclic) bond motifs is 3. The van der Waals surface area contributed by atoms with Gasteiger partial charge in [-0.05, 0) is 56.1 Å². The van der Waals surface area contributed by atoms with Gasteiger partial charge in [-0.1, -0.05) is 23.7 Å². The lowest BCUT2D eigenvalue weighted by atomic mass is 9.57. The third-order valence-electron chi connectivity index (χ3n) is 7.08. The Morgan fingerprint density at radius 2 is 1.91 bits per heavy atom. The zero-order chi connectivity index (χ0) is 26.0. The number of hydrogen-bond acceptors (Lipinski definition) is 9. The fraction of sp³-hybridized carbons (Fsp3) is 0.375. The van der Waals surface area contributed by atoms with Gasteiger partial charge in [0.2, 0.25) is 5.78 Å². The molecule has 7 N–H and O–H groups in total. The summed E-state index contributed by atoms with van der Waals surface area (Å²) in [4.78, 5) is 40.2. The summed E-state index contributed by atoms with van der Waals surface area (Å²) in [6.45, 7) is 0. The number of benzene rings is 1. The Morgan fingerprint density at radius 3 is 2.49 bits per heavy atom. The predicted molar refractivity (Wildman–Crippen MR) is 125 cm³/mol. The van der Waals surface area contributed by atoms with Crippen molar-refractivity contribution in [3.63, 3.8) is 0 Å². The number of amides is 1. The first-order valence-electron chi connectivity index (χ1n) is 10.8. The Balaban J connectivity index is 1.96. The van der Waals surface area contributed by atoms with E-state index < -0.39 is 63.6 Å². The van der Waals surface area contributed by atoms with Crippen LogP contribution in [0.4, 0.5) is 0 Å². The van der Waals surface area contributed by atoms with Crippen LogP contribution in [0.25, 0.3) is 11.8 Å². The molecule has 0 spiro atoms. The molecule has 10 nitrogen and oxygen atoms in total. The highest BCUT2D eigenvalue weighted by Gasteiger charge is 2.64. The Morgan fingerprint density at radius 1 is 1.26 bits per heavy atom. The number of halogens is 1. The second kappa shape index (κ2) is 8.49. The van der Waals surface area contributed by atoms with E-state index in [1.165, 1.54) is 37.2 Å². The molecule has 0 aliphatic heterocycles. The van der Waals surface area contributed by atoms with Gasteiger partial charge in [-0.15, -0.1) is 0 Å². The summed E-state index contributed by atoms with van der Waals surface area (Å²) < 4.78 is 0. The fourth-order valence-corrected chi connectivity index (χ4v) is 5.68. The number of nitrogens with zero attached hydrogens (tertiary/aromatic N) is 1. The number of hydrogen-bond donors (Lipinski definition) is 6. The number of phenolic OH excluding ortho intramolecular Hbond substituents is 1. The number of Topliss-reactive ketones (excluding diaryl/α,β-unsaturated/α-hetero) is 2. The number of likely N-dealkylation sites (N-methyl/N-ethyl adjacent to an activating group) is 1. The Bertz CT molecular complexity index is 1250. The number of nitrogens with two attached hydrogens (primary N) is 1. The summed E-state index contributed by atoms with van der Waals surface area (Å²) in [6.07, 6.45) is 2.94. The van der Waals surface area contributed by atoms with Gasteiger partial charge in [0.15, 0.2) is 11.4 Å². The molecule has 0 bridgehead atoms. The third-order valence-corrected chi connectivity index (χ3v) is 7.22. The molecule has 11 heteroatoms. The average molecular weight is 505 g/mol. The van der Waals surface area contributed by atoms with E-state index in [4.69, 9.17) is 17.3 Å². The summed E-state index contributed by atoms with van der Waals surface area (Å²) in [6, 6.07) is 1.71. The lowest BCUT2D eigenvalue weighted by molar-refractivity contribution is -0.153. The number of aliphatic hydroxyl groups is 4. The molecule has 1 unspecified atom stereocenters. The number of carbonyl (C=O) groups excluding carboxylic acids is 3. The molecule has 3 aliphatic rings. The predicted octanol–water partition coefficient (Wildman–Crippen LogP) is 0.534. The first kappa shape index (κ1) is 24.9. The van der Waals surface area contributed by atoms with Crippen LogP contribution in [0.3, 0.4) is 0 Å². The smallest absolute Gasteiger partial charge is 0.255 e. The van der Waals surface area contributed by atoms with Crippen molar-refractivity contribution < 1.29 is 39.9 Å². The zero-order valence-corrected chi connectivity index (χ0v) is 19.7. The highest BCUT2D eigenvalue weighted by Crippen LogP contribution is 2.53. The molecular formula is C24H25ClN2O8. The van der Waals surface area contributed by atoms with E-state index >= 15 is 0 Å². The molecule has 186 valence electrons. The van der Waals surface area contributed by atoms with Crippen molar-refractivity contribution in [1.29, 1.82) is 0 Å². The van der Waals surface area contributed by atoms with Gasteiger partial charge >= 0.3 is 0 Å². The van der Waals surface area contributed by atoms with Crippen LogP contribution >= 0.6 is 11.6 Å². The van der Waals surface area contributed by atoms with Crippen LogP contribution in [0.5, 0.6) is 5.75 Å². The molecule has 5 atom stereocenters. The molecular weight excluding hydrogens is 480 g/mol. The van der Waals surface area contributed by atoms with Crippen molar-refractivity contribution >= 4 is 40.9 Å². The van der Waals surface area contributed by atoms with Gasteiger partial charge in [-0.25, -0.2) is 0 Å². The quantitative estimate of drug-likeness (QED) is 0.251. The summed E-state index contributed by atoms with van der Waals surface area (Å²) in [5.74, 6) is -7.05. The second-order valence-corrected chi connectivity index (χ2v) is 9.67. The number of aliphatic hydroxyl groups excluding tert-OH is 3. The summed E-state index contributed by atoms with van der Waals surface area (Å²) in [5.41, 5.74) is 1.23. The van der Waals surface area contributed by atoms with Gasteiger partial charge in [-0.3, -0.25) is 19.3 Å². The number of aromatic hydroxyl groups is 1. The second-order valence-electron chi connectivity index (χ2n) is 9.22. The van der Waals surface area contributed by atoms with Crippen molar-refractivity contribution in [3.05, 3.63) is 51.8 Å². The molecule has 35 heavy (non-hydrogen) atoms. The van der Waals surface area contributed by atoms with E-state index in [2.05, 4.69) is 0 Å². The van der Waals surface area contributed by atoms with E-state index in [1.807, 2.05) is 0 Å².